The highest BCUT2D eigenvalue weighted by molar-refractivity contribution is 6.34. The fourth-order valence-corrected chi connectivity index (χ4v) is 2.44. The number of rotatable bonds is 2. The van der Waals surface area contributed by atoms with Crippen LogP contribution in [0.3, 0.4) is 0 Å². The van der Waals surface area contributed by atoms with E-state index in [4.69, 9.17) is 16.0 Å². The second-order valence-corrected chi connectivity index (χ2v) is 5.52. The quantitative estimate of drug-likeness (QED) is 0.713. The Morgan fingerprint density at radius 3 is 2.48 bits per heavy atom. The average Bonchev–Trinajstić information content (AvgIpc) is 2.54. The Bertz CT molecular complexity index is 1030. The third-order valence-corrected chi connectivity index (χ3v) is 3.71. The van der Waals surface area contributed by atoms with E-state index in [1.807, 2.05) is 0 Å². The Balaban J connectivity index is 1.97. The van der Waals surface area contributed by atoms with Gasteiger partial charge in [0.2, 0.25) is 5.76 Å². The van der Waals surface area contributed by atoms with E-state index in [0.29, 0.717) is 6.07 Å². The first kappa shape index (κ1) is 17.0. The summed E-state index contributed by atoms with van der Waals surface area (Å²) < 4.78 is 42.7. The van der Waals surface area contributed by atoms with Crippen LogP contribution in [0.1, 0.15) is 16.1 Å². The van der Waals surface area contributed by atoms with Crippen molar-refractivity contribution in [1.29, 1.82) is 0 Å². The number of alkyl halides is 3. The van der Waals surface area contributed by atoms with E-state index in [9.17, 15) is 22.8 Å². The maximum Gasteiger partial charge on any atom is 0.449 e. The molecule has 0 aliphatic carbocycles. The van der Waals surface area contributed by atoms with Crippen LogP contribution in [0, 0.1) is 0 Å². The summed E-state index contributed by atoms with van der Waals surface area (Å²) in [6, 6.07) is 10.5. The molecule has 0 saturated heterocycles. The van der Waals surface area contributed by atoms with Crippen molar-refractivity contribution in [3.8, 4) is 0 Å². The fraction of sp³-hybridized carbons (Fsp3) is 0.0588. The molecular weight excluding hydrogens is 359 g/mol. The van der Waals surface area contributed by atoms with Crippen LogP contribution in [0.4, 0.5) is 18.9 Å². The molecule has 3 aromatic rings. The molecule has 0 radical (unpaired) electrons. The van der Waals surface area contributed by atoms with Crippen LogP contribution in [0.25, 0.3) is 11.0 Å². The highest BCUT2D eigenvalue weighted by Crippen LogP contribution is 2.30. The molecule has 0 unspecified atom stereocenters. The average molecular weight is 368 g/mol. The van der Waals surface area contributed by atoms with Gasteiger partial charge in [-0.3, -0.25) is 9.59 Å². The van der Waals surface area contributed by atoms with Crippen LogP contribution >= 0.6 is 11.6 Å². The molecule has 8 heteroatoms. The predicted molar refractivity (Wildman–Crippen MR) is 86.9 cm³/mol. The zero-order chi connectivity index (χ0) is 18.2. The Labute approximate surface area is 143 Å². The zero-order valence-electron chi connectivity index (χ0n) is 12.4. The number of halogens is 4. The fourth-order valence-electron chi connectivity index (χ4n) is 2.22. The Morgan fingerprint density at radius 2 is 1.80 bits per heavy atom. The number of fused-ring (bicyclic) bond motifs is 1. The molecule has 25 heavy (non-hydrogen) atoms. The molecule has 3 rings (SSSR count). The van der Waals surface area contributed by atoms with Crippen molar-refractivity contribution >= 4 is 34.2 Å². The van der Waals surface area contributed by atoms with Crippen LogP contribution in [-0.4, -0.2) is 5.91 Å². The summed E-state index contributed by atoms with van der Waals surface area (Å²) in [6.07, 6.45) is -4.76. The van der Waals surface area contributed by atoms with Crippen LogP contribution in [-0.2, 0) is 6.18 Å². The molecule has 4 nitrogen and oxygen atoms in total. The maximum atomic E-state index is 12.7. The summed E-state index contributed by atoms with van der Waals surface area (Å²) in [5.41, 5.74) is -0.633. The largest absolute Gasteiger partial charge is 0.451 e. The first-order valence-electron chi connectivity index (χ1n) is 6.97. The van der Waals surface area contributed by atoms with Gasteiger partial charge in [-0.05, 0) is 30.3 Å². The minimum atomic E-state index is -4.76. The first-order valence-corrected chi connectivity index (χ1v) is 7.34. The van der Waals surface area contributed by atoms with Gasteiger partial charge < -0.3 is 9.73 Å². The van der Waals surface area contributed by atoms with E-state index in [0.717, 1.165) is 0 Å². The van der Waals surface area contributed by atoms with Crippen molar-refractivity contribution in [3.05, 3.63) is 75.1 Å². The summed E-state index contributed by atoms with van der Waals surface area (Å²) in [4.78, 5) is 24.1. The zero-order valence-corrected chi connectivity index (χ0v) is 13.1. The van der Waals surface area contributed by atoms with Gasteiger partial charge in [-0.1, -0.05) is 23.7 Å². The van der Waals surface area contributed by atoms with Crippen LogP contribution in [0.15, 0.2) is 57.7 Å². The van der Waals surface area contributed by atoms with Crippen LogP contribution in [0.2, 0.25) is 5.02 Å². The summed E-state index contributed by atoms with van der Waals surface area (Å²) in [5.74, 6) is -1.89. The van der Waals surface area contributed by atoms with E-state index in [-0.39, 0.29) is 27.2 Å². The summed E-state index contributed by atoms with van der Waals surface area (Å²) in [6.45, 7) is 0. The van der Waals surface area contributed by atoms with Gasteiger partial charge in [0.1, 0.15) is 5.58 Å². The molecule has 0 atom stereocenters. The third-order valence-electron chi connectivity index (χ3n) is 3.38. The molecule has 1 amide bonds. The molecule has 1 aromatic heterocycles. The van der Waals surface area contributed by atoms with E-state index >= 15 is 0 Å². The second-order valence-electron chi connectivity index (χ2n) is 5.12. The van der Waals surface area contributed by atoms with E-state index in [2.05, 4.69) is 5.32 Å². The lowest BCUT2D eigenvalue weighted by Gasteiger charge is -2.09. The van der Waals surface area contributed by atoms with E-state index in [1.165, 1.54) is 24.3 Å². The molecular formula is C17H9ClF3NO3. The molecule has 128 valence electrons. The SMILES string of the molecule is O=C(Nc1ccc2oc(C(F)(F)F)cc(=O)c2c1)c1ccccc1Cl. The number of carbonyl (C=O) groups is 1. The van der Waals surface area contributed by atoms with Gasteiger partial charge in [-0.25, -0.2) is 0 Å². The number of benzene rings is 2. The van der Waals surface area contributed by atoms with Gasteiger partial charge in [0.25, 0.3) is 5.91 Å². The van der Waals surface area contributed by atoms with Crippen molar-refractivity contribution in [2.45, 2.75) is 6.18 Å². The number of carbonyl (C=O) groups excluding carboxylic acids is 1. The lowest BCUT2D eigenvalue weighted by molar-refractivity contribution is -0.152. The van der Waals surface area contributed by atoms with Gasteiger partial charge in [0.15, 0.2) is 5.43 Å². The summed E-state index contributed by atoms with van der Waals surface area (Å²) in [5, 5.41) is 2.70. The van der Waals surface area contributed by atoms with Crippen molar-refractivity contribution < 1.29 is 22.4 Å². The minimum Gasteiger partial charge on any atom is -0.451 e. The van der Waals surface area contributed by atoms with Gasteiger partial charge in [0, 0.05) is 11.8 Å². The molecule has 1 heterocycles. The Kier molecular flexibility index (Phi) is 4.26. The first-order chi connectivity index (χ1) is 11.8. The number of hydrogen-bond donors (Lipinski definition) is 1. The topological polar surface area (TPSA) is 59.3 Å². The van der Waals surface area contributed by atoms with Crippen molar-refractivity contribution in [1.82, 2.24) is 0 Å². The van der Waals surface area contributed by atoms with Gasteiger partial charge in [-0.15, -0.1) is 0 Å². The number of hydrogen-bond acceptors (Lipinski definition) is 3. The molecule has 0 spiro atoms. The second kappa shape index (κ2) is 6.25. The number of nitrogens with one attached hydrogen (secondary N) is 1. The van der Waals surface area contributed by atoms with Gasteiger partial charge in [-0.2, -0.15) is 13.2 Å². The highest BCUT2D eigenvalue weighted by Gasteiger charge is 2.34. The Hall–Kier alpha value is -2.80. The molecule has 1 N–H and O–H groups in total. The van der Waals surface area contributed by atoms with Gasteiger partial charge in [0.05, 0.1) is 16.0 Å². The lowest BCUT2D eigenvalue weighted by Crippen LogP contribution is -2.13. The molecule has 0 fully saturated rings. The lowest BCUT2D eigenvalue weighted by atomic mass is 10.1. The smallest absolute Gasteiger partial charge is 0.449 e. The summed E-state index contributed by atoms with van der Waals surface area (Å²) in [7, 11) is 0. The molecule has 0 aliphatic rings. The summed E-state index contributed by atoms with van der Waals surface area (Å²) >= 11 is 5.93. The molecule has 0 bridgehead atoms. The molecule has 2 aromatic carbocycles. The standard InChI is InChI=1S/C17H9ClF3NO3/c18-12-4-2-1-3-10(12)16(24)22-9-5-6-14-11(7-9)13(23)8-15(25-14)17(19,20)21/h1-8H,(H,22,24). The van der Waals surface area contributed by atoms with Crippen molar-refractivity contribution in [3.63, 3.8) is 0 Å². The monoisotopic (exact) mass is 367 g/mol. The highest BCUT2D eigenvalue weighted by atomic mass is 35.5. The van der Waals surface area contributed by atoms with Crippen LogP contribution < -0.4 is 10.7 Å². The van der Waals surface area contributed by atoms with E-state index in [1.54, 1.807) is 18.2 Å². The van der Waals surface area contributed by atoms with Crippen LogP contribution in [0.5, 0.6) is 0 Å². The number of anilines is 1. The van der Waals surface area contributed by atoms with E-state index < -0.39 is 23.3 Å². The maximum absolute atomic E-state index is 12.7. The normalized spacial score (nSPS) is 11.5. The molecule has 0 aliphatic heterocycles. The van der Waals surface area contributed by atoms with Crippen molar-refractivity contribution in [2.75, 3.05) is 5.32 Å². The van der Waals surface area contributed by atoms with Crippen molar-refractivity contribution in [2.24, 2.45) is 0 Å². The Morgan fingerprint density at radius 1 is 1.08 bits per heavy atom. The minimum absolute atomic E-state index is 0.0787. The third kappa shape index (κ3) is 3.51. The van der Waals surface area contributed by atoms with Gasteiger partial charge >= 0.3 is 6.18 Å². The predicted octanol–water partition coefficient (Wildman–Crippen LogP) is 4.72. The number of amides is 1. The molecule has 0 saturated carbocycles.